The Labute approximate surface area is 165 Å². The summed E-state index contributed by atoms with van der Waals surface area (Å²) in [6.07, 6.45) is 0.672. The van der Waals surface area contributed by atoms with E-state index in [1.807, 2.05) is 31.2 Å². The van der Waals surface area contributed by atoms with E-state index in [9.17, 15) is 13.2 Å². The predicted molar refractivity (Wildman–Crippen MR) is 105 cm³/mol. The van der Waals surface area contributed by atoms with E-state index < -0.39 is 10.0 Å². The van der Waals surface area contributed by atoms with Gasteiger partial charge in [-0.1, -0.05) is 30.7 Å². The summed E-state index contributed by atoms with van der Waals surface area (Å²) < 4.78 is 31.3. The summed E-state index contributed by atoms with van der Waals surface area (Å²) in [5.41, 5.74) is 0.926. The van der Waals surface area contributed by atoms with Crippen molar-refractivity contribution in [2.75, 3.05) is 20.7 Å². The summed E-state index contributed by atoms with van der Waals surface area (Å²) in [6, 6.07) is 13.0. The molecule has 0 spiro atoms. The minimum absolute atomic E-state index is 0.0874. The van der Waals surface area contributed by atoms with Gasteiger partial charge in [-0.15, -0.1) is 0 Å². The molecule has 6 nitrogen and oxygen atoms in total. The first-order chi connectivity index (χ1) is 12.8. The molecule has 1 amide bonds. The first-order valence-corrected chi connectivity index (χ1v) is 10.2. The molecular weight excluding hydrogens is 388 g/mol. The molecule has 2 aromatic rings. The van der Waals surface area contributed by atoms with Crippen LogP contribution in [0.2, 0.25) is 5.02 Å². The highest BCUT2D eigenvalue weighted by Gasteiger charge is 2.24. The smallest absolute Gasteiger partial charge is 0.243 e. The lowest BCUT2D eigenvalue weighted by Crippen LogP contribution is -2.39. The number of nitrogens with zero attached hydrogens (tertiary/aromatic N) is 1. The van der Waals surface area contributed by atoms with Crippen LogP contribution in [0.1, 0.15) is 24.9 Å². The third-order valence-corrected chi connectivity index (χ3v) is 6.22. The van der Waals surface area contributed by atoms with Gasteiger partial charge < -0.3 is 10.1 Å². The summed E-state index contributed by atoms with van der Waals surface area (Å²) in [5.74, 6) is 0.353. The molecule has 1 N–H and O–H groups in total. The molecule has 0 aromatic heterocycles. The summed E-state index contributed by atoms with van der Waals surface area (Å²) in [6.45, 7) is 1.67. The van der Waals surface area contributed by atoms with Crippen LogP contribution >= 0.6 is 11.6 Å². The first-order valence-electron chi connectivity index (χ1n) is 8.43. The van der Waals surface area contributed by atoms with E-state index in [4.69, 9.17) is 16.3 Å². The molecule has 27 heavy (non-hydrogen) atoms. The van der Waals surface area contributed by atoms with E-state index in [1.54, 1.807) is 7.11 Å². The summed E-state index contributed by atoms with van der Waals surface area (Å²) in [7, 11) is -0.808. The van der Waals surface area contributed by atoms with Gasteiger partial charge >= 0.3 is 0 Å². The maximum atomic E-state index is 12.6. The second-order valence-electron chi connectivity index (χ2n) is 6.02. The lowest BCUT2D eigenvalue weighted by Gasteiger charge is -2.21. The van der Waals surface area contributed by atoms with Gasteiger partial charge in [0, 0.05) is 12.1 Å². The minimum Gasteiger partial charge on any atom is -0.497 e. The van der Waals surface area contributed by atoms with E-state index in [2.05, 4.69) is 5.32 Å². The number of carbonyl (C=O) groups excluding carboxylic acids is 1. The van der Waals surface area contributed by atoms with Gasteiger partial charge in [0.05, 0.1) is 24.6 Å². The molecule has 0 aliphatic heterocycles. The number of halogens is 1. The van der Waals surface area contributed by atoms with Crippen molar-refractivity contribution in [1.82, 2.24) is 9.62 Å². The number of benzene rings is 2. The molecule has 2 aromatic carbocycles. The highest BCUT2D eigenvalue weighted by atomic mass is 35.5. The molecular formula is C19H23ClN2O4S. The van der Waals surface area contributed by atoms with Crippen LogP contribution in [0.15, 0.2) is 53.4 Å². The molecule has 0 radical (unpaired) electrons. The van der Waals surface area contributed by atoms with Crippen molar-refractivity contribution in [3.05, 3.63) is 59.1 Å². The summed E-state index contributed by atoms with van der Waals surface area (Å²) >= 11 is 5.80. The summed E-state index contributed by atoms with van der Waals surface area (Å²) in [5, 5.41) is 3.32. The SMILES string of the molecule is CC[C@@H](NC(=O)CN(C)S(=O)(=O)c1ccc(Cl)cc1)c1ccc(OC)cc1. The van der Waals surface area contributed by atoms with E-state index in [-0.39, 0.29) is 23.4 Å². The van der Waals surface area contributed by atoms with Crippen LogP contribution < -0.4 is 10.1 Å². The monoisotopic (exact) mass is 410 g/mol. The number of hydrogen-bond acceptors (Lipinski definition) is 4. The molecule has 1 atom stereocenters. The van der Waals surface area contributed by atoms with Crippen molar-refractivity contribution in [3.63, 3.8) is 0 Å². The van der Waals surface area contributed by atoms with Gasteiger partial charge in [0.15, 0.2) is 0 Å². The van der Waals surface area contributed by atoms with Gasteiger partial charge in [0.1, 0.15) is 5.75 Å². The highest BCUT2D eigenvalue weighted by molar-refractivity contribution is 7.89. The van der Waals surface area contributed by atoms with Gasteiger partial charge in [-0.25, -0.2) is 8.42 Å². The third kappa shape index (κ3) is 5.45. The van der Waals surface area contributed by atoms with E-state index in [0.717, 1.165) is 15.6 Å². The zero-order valence-electron chi connectivity index (χ0n) is 15.5. The van der Waals surface area contributed by atoms with Gasteiger partial charge in [-0.3, -0.25) is 4.79 Å². The zero-order chi connectivity index (χ0) is 20.0. The Morgan fingerprint density at radius 3 is 2.26 bits per heavy atom. The Hall–Kier alpha value is -2.09. The van der Waals surface area contributed by atoms with Crippen molar-refractivity contribution in [3.8, 4) is 5.75 Å². The Balaban J connectivity index is 2.04. The number of likely N-dealkylation sites (N-methyl/N-ethyl adjacent to an activating group) is 1. The molecule has 8 heteroatoms. The topological polar surface area (TPSA) is 75.7 Å². The maximum Gasteiger partial charge on any atom is 0.243 e. The number of methoxy groups -OCH3 is 1. The molecule has 0 fully saturated rings. The quantitative estimate of drug-likeness (QED) is 0.724. The van der Waals surface area contributed by atoms with Gasteiger partial charge in [-0.2, -0.15) is 4.31 Å². The zero-order valence-corrected chi connectivity index (χ0v) is 17.0. The molecule has 0 heterocycles. The number of ether oxygens (including phenoxy) is 1. The lowest BCUT2D eigenvalue weighted by molar-refractivity contribution is -0.121. The largest absolute Gasteiger partial charge is 0.497 e. The number of hydrogen-bond donors (Lipinski definition) is 1. The van der Waals surface area contributed by atoms with Crippen LogP contribution in [-0.2, 0) is 14.8 Å². The van der Waals surface area contributed by atoms with Crippen molar-refractivity contribution >= 4 is 27.5 Å². The van der Waals surface area contributed by atoms with Crippen LogP contribution in [0.25, 0.3) is 0 Å². The second kappa shape index (κ2) is 9.21. The number of nitrogens with one attached hydrogen (secondary N) is 1. The van der Waals surface area contributed by atoms with Crippen LogP contribution in [0.3, 0.4) is 0 Å². The van der Waals surface area contributed by atoms with E-state index in [0.29, 0.717) is 11.4 Å². The Bertz CT molecular complexity index is 868. The molecule has 0 unspecified atom stereocenters. The molecule has 0 aliphatic rings. The highest BCUT2D eigenvalue weighted by Crippen LogP contribution is 2.21. The Morgan fingerprint density at radius 1 is 1.15 bits per heavy atom. The van der Waals surface area contributed by atoms with Crippen molar-refractivity contribution in [1.29, 1.82) is 0 Å². The summed E-state index contributed by atoms with van der Waals surface area (Å²) in [4.78, 5) is 12.5. The van der Waals surface area contributed by atoms with Gasteiger partial charge in [-0.05, 0) is 48.4 Å². The fraction of sp³-hybridized carbons (Fsp3) is 0.316. The van der Waals surface area contributed by atoms with E-state index >= 15 is 0 Å². The first kappa shape index (κ1) is 21.2. The lowest BCUT2D eigenvalue weighted by atomic mass is 10.0. The second-order valence-corrected chi connectivity index (χ2v) is 8.50. The van der Waals surface area contributed by atoms with Crippen LogP contribution in [0.5, 0.6) is 5.75 Å². The Kier molecular flexibility index (Phi) is 7.24. The molecule has 0 saturated heterocycles. The normalized spacial score (nSPS) is 12.6. The third-order valence-electron chi connectivity index (χ3n) is 4.15. The van der Waals surface area contributed by atoms with E-state index in [1.165, 1.54) is 31.3 Å². The van der Waals surface area contributed by atoms with Crippen LogP contribution in [-0.4, -0.2) is 39.3 Å². The van der Waals surface area contributed by atoms with Crippen LogP contribution in [0, 0.1) is 0 Å². The average Bonchev–Trinajstić information content (AvgIpc) is 2.66. The van der Waals surface area contributed by atoms with Crippen molar-refractivity contribution < 1.29 is 17.9 Å². The molecule has 0 aliphatic carbocycles. The number of amides is 1. The van der Waals surface area contributed by atoms with Gasteiger partial charge in [0.2, 0.25) is 15.9 Å². The number of rotatable bonds is 8. The fourth-order valence-electron chi connectivity index (χ4n) is 2.57. The Morgan fingerprint density at radius 2 is 1.74 bits per heavy atom. The minimum atomic E-state index is -3.77. The maximum absolute atomic E-state index is 12.6. The molecule has 146 valence electrons. The van der Waals surface area contributed by atoms with Crippen LogP contribution in [0.4, 0.5) is 0 Å². The number of sulfonamides is 1. The number of carbonyl (C=O) groups is 1. The van der Waals surface area contributed by atoms with Crippen molar-refractivity contribution in [2.24, 2.45) is 0 Å². The fourth-order valence-corrected chi connectivity index (χ4v) is 3.82. The van der Waals surface area contributed by atoms with Crippen molar-refractivity contribution in [2.45, 2.75) is 24.3 Å². The van der Waals surface area contributed by atoms with Gasteiger partial charge in [0.25, 0.3) is 0 Å². The predicted octanol–water partition coefficient (Wildman–Crippen LogP) is 3.24. The average molecular weight is 411 g/mol. The molecule has 0 saturated carbocycles. The molecule has 0 bridgehead atoms. The molecule has 2 rings (SSSR count). The standard InChI is InChI=1S/C19H23ClN2O4S/c1-4-18(14-5-9-16(26-3)10-6-14)21-19(23)13-22(2)27(24,25)17-11-7-15(20)8-12-17/h5-12,18H,4,13H2,1-3H3,(H,21,23)/t18-/m1/s1.